The molecule has 6 heteroatoms. The molecule has 0 aliphatic carbocycles. The summed E-state index contributed by atoms with van der Waals surface area (Å²) in [6, 6.07) is 25.0. The lowest BCUT2D eigenvalue weighted by atomic mass is 10.0. The van der Waals surface area contributed by atoms with Crippen molar-refractivity contribution < 1.29 is 9.13 Å². The second-order valence-corrected chi connectivity index (χ2v) is 8.71. The molecule has 1 aliphatic rings. The summed E-state index contributed by atoms with van der Waals surface area (Å²) in [4.78, 5) is 5.95. The highest BCUT2D eigenvalue weighted by atomic mass is 32.2. The van der Waals surface area contributed by atoms with Gasteiger partial charge in [-0.15, -0.1) is 0 Å². The fourth-order valence-electron chi connectivity index (χ4n) is 3.68. The van der Waals surface area contributed by atoms with Gasteiger partial charge >= 0.3 is 0 Å². The highest BCUT2D eigenvalue weighted by molar-refractivity contribution is 7.97. The van der Waals surface area contributed by atoms with E-state index in [4.69, 9.17) is 4.74 Å². The van der Waals surface area contributed by atoms with Crippen molar-refractivity contribution in [1.29, 1.82) is 0 Å². The van der Waals surface area contributed by atoms with Crippen molar-refractivity contribution >= 4 is 11.9 Å². The number of nitrogens with one attached hydrogen (secondary N) is 1. The molecular formula is C25H28FN3OS. The number of hydrogen-bond donors (Lipinski definition) is 1. The van der Waals surface area contributed by atoms with Crippen molar-refractivity contribution in [3.05, 3.63) is 90.2 Å². The van der Waals surface area contributed by atoms with Crippen LogP contribution in [0.5, 0.6) is 11.5 Å². The number of benzene rings is 3. The molecule has 4 rings (SSSR count). The van der Waals surface area contributed by atoms with Gasteiger partial charge < -0.3 is 9.64 Å². The topological polar surface area (TPSA) is 27.7 Å². The molecular weight excluding hydrogens is 409 g/mol. The van der Waals surface area contributed by atoms with E-state index in [0.717, 1.165) is 54.7 Å². The van der Waals surface area contributed by atoms with Crippen LogP contribution in [-0.4, -0.2) is 49.6 Å². The number of likely N-dealkylation sites (N-methyl/N-ethyl adjacent to an activating group) is 1. The molecule has 0 amide bonds. The van der Waals surface area contributed by atoms with Gasteiger partial charge in [0, 0.05) is 43.7 Å². The van der Waals surface area contributed by atoms with Gasteiger partial charge in [0.05, 0.1) is 0 Å². The zero-order chi connectivity index (χ0) is 21.5. The van der Waals surface area contributed by atoms with E-state index in [2.05, 4.69) is 33.7 Å². The smallest absolute Gasteiger partial charge is 0.127 e. The van der Waals surface area contributed by atoms with E-state index >= 15 is 0 Å². The summed E-state index contributed by atoms with van der Waals surface area (Å²) in [5, 5.41) is 0. The van der Waals surface area contributed by atoms with Crippen LogP contribution < -0.4 is 9.46 Å². The second kappa shape index (κ2) is 10.8. The third kappa shape index (κ3) is 6.31. The van der Waals surface area contributed by atoms with Crippen LogP contribution in [0.1, 0.15) is 11.6 Å². The highest BCUT2D eigenvalue weighted by Gasteiger charge is 2.23. The Kier molecular flexibility index (Phi) is 7.59. The zero-order valence-electron chi connectivity index (χ0n) is 17.7. The fourth-order valence-corrected chi connectivity index (χ4v) is 4.36. The van der Waals surface area contributed by atoms with E-state index in [1.165, 1.54) is 0 Å². The molecule has 1 heterocycles. The molecule has 0 bridgehead atoms. The number of hydrogen-bond acceptors (Lipinski definition) is 5. The van der Waals surface area contributed by atoms with E-state index in [1.807, 2.05) is 54.6 Å². The summed E-state index contributed by atoms with van der Waals surface area (Å²) >= 11 is 1.61. The van der Waals surface area contributed by atoms with Crippen LogP contribution in [0.4, 0.5) is 4.39 Å². The molecule has 31 heavy (non-hydrogen) atoms. The molecule has 162 valence electrons. The zero-order valence-corrected chi connectivity index (χ0v) is 18.5. The first-order valence-corrected chi connectivity index (χ1v) is 11.4. The van der Waals surface area contributed by atoms with E-state index in [1.54, 1.807) is 24.1 Å². The lowest BCUT2D eigenvalue weighted by Crippen LogP contribution is -2.47. The SMILES string of the molecule is CN1CCN(C(CNSc2ccc(Oc3ccccc3)cc2)c2ccc(F)cc2)CC1. The molecule has 1 unspecified atom stereocenters. The summed E-state index contributed by atoms with van der Waals surface area (Å²) < 4.78 is 22.8. The van der Waals surface area contributed by atoms with Crippen LogP contribution in [0.25, 0.3) is 0 Å². The van der Waals surface area contributed by atoms with E-state index in [9.17, 15) is 4.39 Å². The monoisotopic (exact) mass is 437 g/mol. The van der Waals surface area contributed by atoms with Crippen molar-refractivity contribution in [1.82, 2.24) is 14.5 Å². The predicted octanol–water partition coefficient (Wildman–Crippen LogP) is 5.20. The lowest BCUT2D eigenvalue weighted by molar-refractivity contribution is 0.113. The molecule has 1 atom stereocenters. The summed E-state index contributed by atoms with van der Waals surface area (Å²) in [6.07, 6.45) is 0. The van der Waals surface area contributed by atoms with Crippen LogP contribution in [0.2, 0.25) is 0 Å². The van der Waals surface area contributed by atoms with Gasteiger partial charge in [-0.3, -0.25) is 9.62 Å². The molecule has 1 fully saturated rings. The van der Waals surface area contributed by atoms with E-state index in [-0.39, 0.29) is 11.9 Å². The first kappa shape index (κ1) is 21.8. The normalized spacial score (nSPS) is 16.2. The molecule has 4 nitrogen and oxygen atoms in total. The minimum Gasteiger partial charge on any atom is -0.457 e. The lowest BCUT2D eigenvalue weighted by Gasteiger charge is -2.38. The number of nitrogens with zero attached hydrogens (tertiary/aromatic N) is 2. The second-order valence-electron chi connectivity index (χ2n) is 7.74. The first-order valence-electron chi connectivity index (χ1n) is 10.6. The van der Waals surface area contributed by atoms with Crippen LogP contribution >= 0.6 is 11.9 Å². The van der Waals surface area contributed by atoms with E-state index < -0.39 is 0 Å². The Morgan fingerprint density at radius 3 is 2.19 bits per heavy atom. The predicted molar refractivity (Wildman–Crippen MR) is 125 cm³/mol. The van der Waals surface area contributed by atoms with Gasteiger partial charge in [-0.1, -0.05) is 30.3 Å². The van der Waals surface area contributed by atoms with Gasteiger partial charge in [0.1, 0.15) is 17.3 Å². The average Bonchev–Trinajstić information content (AvgIpc) is 2.80. The Morgan fingerprint density at radius 2 is 1.52 bits per heavy atom. The molecule has 0 aromatic heterocycles. The standard InChI is InChI=1S/C25H28FN3OS/c1-28-15-17-29(18-16-28)25(20-7-9-21(26)10-8-20)19-27-31-24-13-11-23(12-14-24)30-22-5-3-2-4-6-22/h2-14,25,27H,15-19H2,1H3. The van der Waals surface area contributed by atoms with Crippen molar-refractivity contribution in [3.8, 4) is 11.5 Å². The van der Waals surface area contributed by atoms with Crippen LogP contribution in [0.3, 0.4) is 0 Å². The first-order chi connectivity index (χ1) is 15.2. The molecule has 3 aromatic carbocycles. The Hall–Kier alpha value is -2.38. The third-order valence-corrected chi connectivity index (χ3v) is 6.32. The van der Waals surface area contributed by atoms with Gasteiger partial charge in [0.25, 0.3) is 0 Å². The van der Waals surface area contributed by atoms with Gasteiger partial charge in [0.2, 0.25) is 0 Å². The third-order valence-electron chi connectivity index (χ3n) is 5.50. The summed E-state index contributed by atoms with van der Waals surface area (Å²) in [5.41, 5.74) is 1.14. The van der Waals surface area contributed by atoms with E-state index in [0.29, 0.717) is 0 Å². The molecule has 0 saturated carbocycles. The maximum Gasteiger partial charge on any atom is 0.127 e. The van der Waals surface area contributed by atoms with Crippen molar-refractivity contribution in [2.75, 3.05) is 39.8 Å². The van der Waals surface area contributed by atoms with Gasteiger partial charge in [0.15, 0.2) is 0 Å². The molecule has 0 spiro atoms. The average molecular weight is 438 g/mol. The van der Waals surface area contributed by atoms with Crippen molar-refractivity contribution in [3.63, 3.8) is 0 Å². The molecule has 1 aliphatic heterocycles. The minimum atomic E-state index is -0.193. The number of halogens is 1. The van der Waals surface area contributed by atoms with Crippen molar-refractivity contribution in [2.45, 2.75) is 10.9 Å². The largest absolute Gasteiger partial charge is 0.457 e. The molecule has 3 aromatic rings. The number of ether oxygens (including phenoxy) is 1. The molecule has 1 N–H and O–H groups in total. The van der Waals surface area contributed by atoms with Gasteiger partial charge in [-0.05, 0) is 73.1 Å². The Bertz CT molecular complexity index is 929. The van der Waals surface area contributed by atoms with Crippen LogP contribution in [-0.2, 0) is 0 Å². The Balaban J connectivity index is 1.35. The van der Waals surface area contributed by atoms with Crippen LogP contribution in [0, 0.1) is 5.82 Å². The summed E-state index contributed by atoms with van der Waals surface area (Å²) in [5.74, 6) is 1.45. The highest BCUT2D eigenvalue weighted by Crippen LogP contribution is 2.26. The summed E-state index contributed by atoms with van der Waals surface area (Å²) in [6.45, 7) is 4.90. The Labute approximate surface area is 188 Å². The van der Waals surface area contributed by atoms with Crippen LogP contribution in [0.15, 0.2) is 83.8 Å². The number of rotatable bonds is 8. The Morgan fingerprint density at radius 1 is 0.871 bits per heavy atom. The summed E-state index contributed by atoms with van der Waals surface area (Å²) in [7, 11) is 2.16. The van der Waals surface area contributed by atoms with Gasteiger partial charge in [-0.25, -0.2) is 4.39 Å². The molecule has 1 saturated heterocycles. The number of piperazine rings is 1. The fraction of sp³-hybridized carbons (Fsp3) is 0.280. The van der Waals surface area contributed by atoms with Gasteiger partial charge in [-0.2, -0.15) is 0 Å². The minimum absolute atomic E-state index is 0.193. The maximum absolute atomic E-state index is 13.4. The van der Waals surface area contributed by atoms with Crippen molar-refractivity contribution in [2.24, 2.45) is 0 Å². The quantitative estimate of drug-likeness (QED) is 0.489. The maximum atomic E-state index is 13.4. The molecule has 0 radical (unpaired) electrons. The number of para-hydroxylation sites is 1.